The van der Waals surface area contributed by atoms with Gasteiger partial charge in [0.2, 0.25) is 0 Å². The minimum Gasteiger partial charge on any atom is -0.482 e. The highest BCUT2D eigenvalue weighted by atomic mass is 16.6. The van der Waals surface area contributed by atoms with Crippen LogP contribution in [0.15, 0.2) is 69.9 Å². The molecule has 3 aromatic rings. The van der Waals surface area contributed by atoms with Crippen LogP contribution < -0.4 is 10.4 Å². The van der Waals surface area contributed by atoms with Gasteiger partial charge in [0, 0.05) is 17.5 Å². The smallest absolute Gasteiger partial charge is 0.344 e. The number of fused-ring (bicyclic) bond motifs is 1. The second-order valence-electron chi connectivity index (χ2n) is 5.69. The van der Waals surface area contributed by atoms with Crippen molar-refractivity contribution in [3.63, 3.8) is 0 Å². The molecule has 5 nitrogen and oxygen atoms in total. The number of benzene rings is 2. The number of aryl methyl sites for hydroxylation is 1. The lowest BCUT2D eigenvalue weighted by molar-refractivity contribution is -0.144. The second-order valence-corrected chi connectivity index (χ2v) is 5.69. The summed E-state index contributed by atoms with van der Waals surface area (Å²) in [6.45, 7) is 1.78. The summed E-state index contributed by atoms with van der Waals surface area (Å²) in [4.78, 5) is 23.2. The first-order valence-corrected chi connectivity index (χ1v) is 8.16. The molecule has 0 atom stereocenters. The highest BCUT2D eigenvalue weighted by Crippen LogP contribution is 2.22. The van der Waals surface area contributed by atoms with Gasteiger partial charge in [-0.1, -0.05) is 36.4 Å². The van der Waals surface area contributed by atoms with E-state index in [1.54, 1.807) is 24.3 Å². The second kappa shape index (κ2) is 8.16. The van der Waals surface area contributed by atoms with Gasteiger partial charge in [0.05, 0.1) is 0 Å². The molecular formula is C21H18O5. The van der Waals surface area contributed by atoms with Gasteiger partial charge in [-0.3, -0.25) is 0 Å². The normalized spacial score (nSPS) is 11.0. The lowest BCUT2D eigenvalue weighted by Crippen LogP contribution is -2.14. The molecule has 0 aliphatic heterocycles. The Hall–Kier alpha value is -3.34. The van der Waals surface area contributed by atoms with Crippen molar-refractivity contribution in [3.05, 3.63) is 82.2 Å². The van der Waals surface area contributed by atoms with Crippen LogP contribution in [-0.2, 0) is 9.53 Å². The zero-order chi connectivity index (χ0) is 18.4. The van der Waals surface area contributed by atoms with E-state index in [0.29, 0.717) is 11.3 Å². The molecule has 0 spiro atoms. The van der Waals surface area contributed by atoms with E-state index >= 15 is 0 Å². The number of esters is 1. The molecule has 0 bridgehead atoms. The van der Waals surface area contributed by atoms with Crippen LogP contribution in [-0.4, -0.2) is 19.2 Å². The Morgan fingerprint density at radius 1 is 1.12 bits per heavy atom. The number of carbonyl (C=O) groups is 1. The average Bonchev–Trinajstić information content (AvgIpc) is 2.64. The fourth-order valence-corrected chi connectivity index (χ4v) is 2.47. The highest BCUT2D eigenvalue weighted by Gasteiger charge is 2.07. The zero-order valence-corrected chi connectivity index (χ0v) is 14.3. The van der Waals surface area contributed by atoms with Crippen LogP contribution in [0.25, 0.3) is 17.0 Å². The fourth-order valence-electron chi connectivity index (χ4n) is 2.47. The summed E-state index contributed by atoms with van der Waals surface area (Å²) < 4.78 is 15.6. The molecule has 3 rings (SSSR count). The van der Waals surface area contributed by atoms with E-state index in [1.165, 1.54) is 6.07 Å². The maximum absolute atomic E-state index is 11.7. The number of hydrogen-bond donors (Lipinski definition) is 0. The average molecular weight is 350 g/mol. The third kappa shape index (κ3) is 4.60. The Bertz CT molecular complexity index is 986. The number of ether oxygens (including phenoxy) is 2. The molecule has 1 heterocycles. The summed E-state index contributed by atoms with van der Waals surface area (Å²) in [5.74, 6) is -0.0449. The van der Waals surface area contributed by atoms with Crippen molar-refractivity contribution < 1.29 is 18.7 Å². The van der Waals surface area contributed by atoms with Gasteiger partial charge < -0.3 is 13.9 Å². The van der Waals surface area contributed by atoms with Crippen molar-refractivity contribution in [3.8, 4) is 5.75 Å². The summed E-state index contributed by atoms with van der Waals surface area (Å²) in [6.07, 6.45) is 3.64. The van der Waals surface area contributed by atoms with Crippen LogP contribution in [0.4, 0.5) is 0 Å². The quantitative estimate of drug-likeness (QED) is 0.500. The molecule has 1 aromatic heterocycles. The maximum atomic E-state index is 11.7. The zero-order valence-electron chi connectivity index (χ0n) is 14.3. The van der Waals surface area contributed by atoms with E-state index in [9.17, 15) is 9.59 Å². The highest BCUT2D eigenvalue weighted by molar-refractivity contribution is 5.81. The van der Waals surface area contributed by atoms with E-state index in [1.807, 2.05) is 43.3 Å². The van der Waals surface area contributed by atoms with Crippen LogP contribution in [0.2, 0.25) is 0 Å². The third-order valence-electron chi connectivity index (χ3n) is 3.73. The molecule has 0 radical (unpaired) electrons. The predicted molar refractivity (Wildman–Crippen MR) is 99.2 cm³/mol. The van der Waals surface area contributed by atoms with Crippen LogP contribution in [0.3, 0.4) is 0 Å². The van der Waals surface area contributed by atoms with Gasteiger partial charge >= 0.3 is 11.6 Å². The topological polar surface area (TPSA) is 65.7 Å². The Morgan fingerprint density at radius 3 is 2.73 bits per heavy atom. The standard InChI is InChI=1S/C21H18O5/c1-15-12-20(22)26-19-13-17(9-10-18(15)19)25-14-21(23)24-11-5-8-16-6-3-2-4-7-16/h2-10,12-13H,11,14H2,1H3/b8-5+. The molecule has 0 unspecified atom stereocenters. The minimum absolute atomic E-state index is 0.170. The lowest BCUT2D eigenvalue weighted by Gasteiger charge is -2.07. The van der Waals surface area contributed by atoms with E-state index < -0.39 is 11.6 Å². The van der Waals surface area contributed by atoms with Crippen molar-refractivity contribution in [1.29, 1.82) is 0 Å². The van der Waals surface area contributed by atoms with Crippen molar-refractivity contribution >= 4 is 23.0 Å². The number of carbonyl (C=O) groups excluding carboxylic acids is 1. The molecule has 0 N–H and O–H groups in total. The van der Waals surface area contributed by atoms with Crippen molar-refractivity contribution in [1.82, 2.24) is 0 Å². The first kappa shape index (κ1) is 17.5. The Morgan fingerprint density at radius 2 is 1.92 bits per heavy atom. The monoisotopic (exact) mass is 350 g/mol. The maximum Gasteiger partial charge on any atom is 0.344 e. The molecule has 0 saturated heterocycles. The van der Waals surface area contributed by atoms with E-state index in [0.717, 1.165) is 16.5 Å². The molecule has 0 saturated carbocycles. The van der Waals surface area contributed by atoms with E-state index in [2.05, 4.69) is 0 Å². The van der Waals surface area contributed by atoms with Crippen LogP contribution in [0.5, 0.6) is 5.75 Å². The molecule has 132 valence electrons. The SMILES string of the molecule is Cc1cc(=O)oc2cc(OCC(=O)OC/C=C/c3ccccc3)ccc12. The first-order valence-electron chi connectivity index (χ1n) is 8.16. The van der Waals surface area contributed by atoms with E-state index in [-0.39, 0.29) is 13.2 Å². The minimum atomic E-state index is -0.478. The summed E-state index contributed by atoms with van der Waals surface area (Å²) in [7, 11) is 0. The van der Waals surface area contributed by atoms with Gasteiger partial charge in [-0.05, 0) is 36.3 Å². The summed E-state index contributed by atoms with van der Waals surface area (Å²) in [5, 5.41) is 0.825. The summed E-state index contributed by atoms with van der Waals surface area (Å²) in [6, 6.07) is 16.3. The Kier molecular flexibility index (Phi) is 5.49. The largest absolute Gasteiger partial charge is 0.482 e. The van der Waals surface area contributed by atoms with Crippen LogP contribution in [0, 0.1) is 6.92 Å². The predicted octanol–water partition coefficient (Wildman–Crippen LogP) is 3.74. The van der Waals surface area contributed by atoms with Gasteiger partial charge in [-0.2, -0.15) is 0 Å². The molecule has 2 aromatic carbocycles. The lowest BCUT2D eigenvalue weighted by atomic mass is 10.1. The molecule has 0 fully saturated rings. The van der Waals surface area contributed by atoms with Gasteiger partial charge in [0.1, 0.15) is 17.9 Å². The first-order chi connectivity index (χ1) is 12.6. The van der Waals surface area contributed by atoms with Gasteiger partial charge in [0.25, 0.3) is 0 Å². The molecule has 0 amide bonds. The summed E-state index contributed by atoms with van der Waals surface area (Å²) in [5.41, 5.74) is 1.86. The molecular weight excluding hydrogens is 332 g/mol. The fraction of sp³-hybridized carbons (Fsp3) is 0.143. The van der Waals surface area contributed by atoms with Gasteiger partial charge in [0.15, 0.2) is 6.61 Å². The molecule has 26 heavy (non-hydrogen) atoms. The van der Waals surface area contributed by atoms with Crippen LogP contribution >= 0.6 is 0 Å². The van der Waals surface area contributed by atoms with Gasteiger partial charge in [-0.15, -0.1) is 0 Å². The van der Waals surface area contributed by atoms with Crippen molar-refractivity contribution in [2.45, 2.75) is 6.92 Å². The molecule has 5 heteroatoms. The number of rotatable bonds is 6. The molecule has 0 aliphatic rings. The van der Waals surface area contributed by atoms with Gasteiger partial charge in [-0.25, -0.2) is 9.59 Å². The van der Waals surface area contributed by atoms with Crippen molar-refractivity contribution in [2.24, 2.45) is 0 Å². The Balaban J connectivity index is 1.52. The molecule has 0 aliphatic carbocycles. The van der Waals surface area contributed by atoms with Crippen LogP contribution in [0.1, 0.15) is 11.1 Å². The summed E-state index contributed by atoms with van der Waals surface area (Å²) >= 11 is 0. The third-order valence-corrected chi connectivity index (χ3v) is 3.73. The Labute approximate surface area is 150 Å². The van der Waals surface area contributed by atoms with Crippen molar-refractivity contribution in [2.75, 3.05) is 13.2 Å². The number of hydrogen-bond acceptors (Lipinski definition) is 5. The van der Waals surface area contributed by atoms with E-state index in [4.69, 9.17) is 13.9 Å².